The lowest BCUT2D eigenvalue weighted by molar-refractivity contribution is 0.120. The predicted molar refractivity (Wildman–Crippen MR) is 81.6 cm³/mol. The molecule has 6 heteroatoms. The van der Waals surface area contributed by atoms with Gasteiger partial charge in [0.15, 0.2) is 0 Å². The second-order valence-corrected chi connectivity index (χ2v) is 9.13. The number of aliphatic hydroxyl groups excluding tert-OH is 1. The van der Waals surface area contributed by atoms with Crippen molar-refractivity contribution >= 4 is 21.4 Å². The maximum Gasteiger partial charge on any atom is 0.242 e. The number of aliphatic hydroxyl groups is 1. The highest BCUT2D eigenvalue weighted by Gasteiger charge is 2.38. The van der Waals surface area contributed by atoms with E-state index >= 15 is 0 Å². The van der Waals surface area contributed by atoms with Crippen LogP contribution in [0.25, 0.3) is 0 Å². The summed E-state index contributed by atoms with van der Waals surface area (Å²) in [4.78, 5) is 2.14. The van der Waals surface area contributed by atoms with E-state index in [1.54, 1.807) is 6.07 Å². The maximum absolute atomic E-state index is 12.6. The lowest BCUT2D eigenvalue weighted by atomic mass is 9.78. The molecule has 1 fully saturated rings. The third-order valence-electron chi connectivity index (χ3n) is 4.03. The van der Waals surface area contributed by atoms with Crippen molar-refractivity contribution in [3.63, 3.8) is 0 Å². The van der Waals surface area contributed by atoms with Crippen molar-refractivity contribution in [1.29, 1.82) is 0 Å². The molecule has 1 aliphatic rings. The third-order valence-corrected chi connectivity index (χ3v) is 6.83. The first kappa shape index (κ1) is 15.9. The van der Waals surface area contributed by atoms with Gasteiger partial charge in [0.25, 0.3) is 0 Å². The fraction of sp³-hybridized carbons (Fsp3) is 0.714. The Morgan fingerprint density at radius 2 is 2.20 bits per heavy atom. The van der Waals surface area contributed by atoms with Crippen molar-refractivity contribution in [2.45, 2.75) is 56.9 Å². The predicted octanol–water partition coefficient (Wildman–Crippen LogP) is 2.58. The fourth-order valence-electron chi connectivity index (χ4n) is 3.14. The number of sulfonamides is 1. The first-order valence-corrected chi connectivity index (χ1v) is 9.30. The molecule has 0 saturated heterocycles. The normalized spacial score (nSPS) is 27.7. The van der Waals surface area contributed by atoms with Crippen LogP contribution in [0.2, 0.25) is 0 Å². The Labute approximate surface area is 125 Å². The second kappa shape index (κ2) is 5.75. The number of hydrogen-bond acceptors (Lipinski definition) is 4. The van der Waals surface area contributed by atoms with Gasteiger partial charge in [0.05, 0.1) is 17.0 Å². The molecule has 20 heavy (non-hydrogen) atoms. The monoisotopic (exact) mass is 317 g/mol. The summed E-state index contributed by atoms with van der Waals surface area (Å²) in [6, 6.07) is 1.71. The largest absolute Gasteiger partial charge is 0.394 e. The summed E-state index contributed by atoms with van der Waals surface area (Å²) >= 11 is 1.48. The minimum atomic E-state index is -3.56. The van der Waals surface area contributed by atoms with Crippen LogP contribution in [0.15, 0.2) is 11.0 Å². The van der Waals surface area contributed by atoms with Gasteiger partial charge >= 0.3 is 0 Å². The van der Waals surface area contributed by atoms with Gasteiger partial charge in [0.1, 0.15) is 0 Å². The molecule has 1 saturated carbocycles. The van der Waals surface area contributed by atoms with E-state index in [0.717, 1.165) is 22.6 Å². The number of hydrogen-bond donors (Lipinski definition) is 2. The van der Waals surface area contributed by atoms with Gasteiger partial charge in [0.2, 0.25) is 10.0 Å². The molecule has 0 aliphatic heterocycles. The van der Waals surface area contributed by atoms with Crippen LogP contribution in [-0.2, 0) is 10.0 Å². The molecule has 1 heterocycles. The van der Waals surface area contributed by atoms with Gasteiger partial charge in [-0.25, -0.2) is 13.1 Å². The first-order chi connectivity index (χ1) is 9.28. The van der Waals surface area contributed by atoms with Gasteiger partial charge in [-0.2, -0.15) is 0 Å². The lowest BCUT2D eigenvalue weighted by Gasteiger charge is -2.38. The third kappa shape index (κ3) is 3.24. The van der Waals surface area contributed by atoms with Crippen molar-refractivity contribution in [2.75, 3.05) is 6.61 Å². The molecule has 0 spiro atoms. The summed E-state index contributed by atoms with van der Waals surface area (Å²) in [5.41, 5.74) is -0.696. The molecule has 0 bridgehead atoms. The van der Waals surface area contributed by atoms with E-state index in [9.17, 15) is 13.5 Å². The van der Waals surface area contributed by atoms with E-state index in [2.05, 4.69) is 11.6 Å². The van der Waals surface area contributed by atoms with Crippen molar-refractivity contribution in [3.05, 3.63) is 15.8 Å². The van der Waals surface area contributed by atoms with E-state index in [0.29, 0.717) is 23.7 Å². The molecule has 0 radical (unpaired) electrons. The average Bonchev–Trinajstić information content (AvgIpc) is 2.69. The molecular weight excluding hydrogens is 294 g/mol. The topological polar surface area (TPSA) is 66.4 Å². The van der Waals surface area contributed by atoms with Crippen molar-refractivity contribution in [2.24, 2.45) is 5.92 Å². The SMILES string of the molecule is Cc1cc(S(=O)(=O)NC2(CO)CCCC(C)C2)c(C)s1. The van der Waals surface area contributed by atoms with Crippen LogP contribution in [0.5, 0.6) is 0 Å². The van der Waals surface area contributed by atoms with Crippen LogP contribution in [-0.4, -0.2) is 25.7 Å². The Hall–Kier alpha value is -0.430. The quantitative estimate of drug-likeness (QED) is 0.897. The highest BCUT2D eigenvalue weighted by atomic mass is 32.2. The Kier molecular flexibility index (Phi) is 4.59. The van der Waals surface area contributed by atoms with Crippen LogP contribution in [0.3, 0.4) is 0 Å². The average molecular weight is 317 g/mol. The molecule has 2 rings (SSSR count). The van der Waals surface area contributed by atoms with E-state index in [-0.39, 0.29) is 6.61 Å². The molecule has 4 nitrogen and oxygen atoms in total. The smallest absolute Gasteiger partial charge is 0.242 e. The number of rotatable bonds is 4. The molecular formula is C14H23NO3S2. The lowest BCUT2D eigenvalue weighted by Crippen LogP contribution is -2.53. The van der Waals surface area contributed by atoms with Gasteiger partial charge in [-0.1, -0.05) is 19.8 Å². The van der Waals surface area contributed by atoms with E-state index < -0.39 is 15.6 Å². The van der Waals surface area contributed by atoms with E-state index in [1.165, 1.54) is 11.3 Å². The molecule has 114 valence electrons. The van der Waals surface area contributed by atoms with Crippen LogP contribution in [0, 0.1) is 19.8 Å². The molecule has 2 unspecified atom stereocenters. The van der Waals surface area contributed by atoms with Gasteiger partial charge in [0, 0.05) is 9.75 Å². The summed E-state index contributed by atoms with van der Waals surface area (Å²) in [6.07, 6.45) is 3.45. The summed E-state index contributed by atoms with van der Waals surface area (Å²) in [6.45, 7) is 5.69. The number of nitrogens with one attached hydrogen (secondary N) is 1. The summed E-state index contributed by atoms with van der Waals surface area (Å²) in [5, 5.41) is 9.72. The Morgan fingerprint density at radius 1 is 1.50 bits per heavy atom. The minimum Gasteiger partial charge on any atom is -0.394 e. The zero-order valence-electron chi connectivity index (χ0n) is 12.3. The molecule has 1 aromatic heterocycles. The standard InChI is InChI=1S/C14H23NO3S2/c1-10-5-4-6-14(8-10,9-16)15-20(17,18)13-7-11(2)19-12(13)3/h7,10,15-16H,4-6,8-9H2,1-3H3. The van der Waals surface area contributed by atoms with Crippen LogP contribution in [0.1, 0.15) is 42.4 Å². The molecule has 2 atom stereocenters. The Bertz CT molecular complexity index is 579. The highest BCUT2D eigenvalue weighted by Crippen LogP contribution is 2.34. The maximum atomic E-state index is 12.6. The van der Waals surface area contributed by atoms with Gasteiger partial charge < -0.3 is 5.11 Å². The minimum absolute atomic E-state index is 0.140. The number of thiophene rings is 1. The van der Waals surface area contributed by atoms with Crippen LogP contribution >= 0.6 is 11.3 Å². The number of aryl methyl sites for hydroxylation is 2. The van der Waals surface area contributed by atoms with Crippen molar-refractivity contribution in [3.8, 4) is 0 Å². The van der Waals surface area contributed by atoms with Crippen molar-refractivity contribution in [1.82, 2.24) is 4.72 Å². The van der Waals surface area contributed by atoms with Crippen LogP contribution in [0.4, 0.5) is 0 Å². The zero-order valence-corrected chi connectivity index (χ0v) is 13.9. The molecule has 1 aromatic rings. The molecule has 0 aromatic carbocycles. The van der Waals surface area contributed by atoms with Gasteiger partial charge in [-0.05, 0) is 38.7 Å². The second-order valence-electron chi connectivity index (χ2n) is 6.02. The van der Waals surface area contributed by atoms with E-state index in [1.807, 2.05) is 13.8 Å². The summed E-state index contributed by atoms with van der Waals surface area (Å²) < 4.78 is 28.0. The molecule has 1 aliphatic carbocycles. The zero-order chi connectivity index (χ0) is 15.0. The molecule has 0 amide bonds. The summed E-state index contributed by atoms with van der Waals surface area (Å²) in [5.74, 6) is 0.434. The Balaban J connectivity index is 2.28. The first-order valence-electron chi connectivity index (χ1n) is 7.00. The van der Waals surface area contributed by atoms with E-state index in [4.69, 9.17) is 0 Å². The highest BCUT2D eigenvalue weighted by molar-refractivity contribution is 7.89. The summed E-state index contributed by atoms with van der Waals surface area (Å²) in [7, 11) is -3.56. The molecule has 2 N–H and O–H groups in total. The fourth-order valence-corrected chi connectivity index (χ4v) is 6.13. The van der Waals surface area contributed by atoms with Crippen LogP contribution < -0.4 is 4.72 Å². The van der Waals surface area contributed by atoms with Crippen molar-refractivity contribution < 1.29 is 13.5 Å². The Morgan fingerprint density at radius 3 is 2.70 bits per heavy atom. The van der Waals surface area contributed by atoms with Gasteiger partial charge in [-0.15, -0.1) is 11.3 Å². The van der Waals surface area contributed by atoms with Gasteiger partial charge in [-0.3, -0.25) is 0 Å².